The summed E-state index contributed by atoms with van der Waals surface area (Å²) in [5, 5.41) is 3.54. The van der Waals surface area contributed by atoms with E-state index in [-0.39, 0.29) is 0 Å². The van der Waals surface area contributed by atoms with E-state index < -0.39 is 0 Å². The zero-order valence-electron chi connectivity index (χ0n) is 6.61. The fraction of sp³-hybridized carbons (Fsp3) is 0.778. The predicted molar refractivity (Wildman–Crippen MR) is 42.7 cm³/mol. The summed E-state index contributed by atoms with van der Waals surface area (Å²) in [5.74, 6) is 0. The van der Waals surface area contributed by atoms with Crippen molar-refractivity contribution in [2.45, 2.75) is 45.1 Å². The van der Waals surface area contributed by atoms with E-state index in [0.29, 0.717) is 0 Å². The van der Waals surface area contributed by atoms with Gasteiger partial charge < -0.3 is 5.32 Å². The van der Waals surface area contributed by atoms with Crippen molar-refractivity contribution in [1.82, 2.24) is 5.32 Å². The van der Waals surface area contributed by atoms with Gasteiger partial charge >= 0.3 is 0 Å². The quantitative estimate of drug-likeness (QED) is 0.539. The monoisotopic (exact) mass is 137 g/mol. The molecule has 0 radical (unpaired) electrons. The van der Waals surface area contributed by atoms with Crippen molar-refractivity contribution in [1.29, 1.82) is 0 Å². The van der Waals surface area contributed by atoms with E-state index >= 15 is 0 Å². The van der Waals surface area contributed by atoms with Crippen LogP contribution in [0.2, 0.25) is 0 Å². The Bertz CT molecular complexity index is 152. The Hall–Kier alpha value is -0.460. The minimum absolute atomic E-state index is 0.725. The largest absolute Gasteiger partial charge is 0.386 e. The molecule has 1 heteroatoms. The maximum absolute atomic E-state index is 3.54. The summed E-state index contributed by atoms with van der Waals surface area (Å²) in [6, 6.07) is 0.725. The summed E-state index contributed by atoms with van der Waals surface area (Å²) in [7, 11) is 0. The topological polar surface area (TPSA) is 12.0 Å². The van der Waals surface area contributed by atoms with Gasteiger partial charge in [-0.05, 0) is 44.6 Å². The number of hydrogen-bond donors (Lipinski definition) is 1. The fourth-order valence-corrected chi connectivity index (χ4v) is 2.09. The molecule has 1 nitrogen and oxygen atoms in total. The average Bonchev–Trinajstić information content (AvgIpc) is 2.27. The van der Waals surface area contributed by atoms with Crippen LogP contribution in [0.25, 0.3) is 0 Å². The van der Waals surface area contributed by atoms with E-state index in [9.17, 15) is 0 Å². The van der Waals surface area contributed by atoms with Crippen molar-refractivity contribution in [3.8, 4) is 0 Å². The maximum Gasteiger partial charge on any atom is 0.0267 e. The second-order valence-electron chi connectivity index (χ2n) is 3.54. The molecule has 0 aromatic carbocycles. The number of hydrogen-bond acceptors (Lipinski definition) is 1. The summed E-state index contributed by atoms with van der Waals surface area (Å²) in [6.45, 7) is 2.28. The van der Waals surface area contributed by atoms with Crippen LogP contribution in [-0.4, -0.2) is 6.04 Å². The molecule has 1 aliphatic carbocycles. The standard InChI is InChI=1S/C9H15N/c1-7-6-8-4-2-3-5-9(8)10-7/h7,10H,2-6H2,1H3/t7-/m1/s1. The molecule has 0 saturated heterocycles. The molecule has 10 heavy (non-hydrogen) atoms. The van der Waals surface area contributed by atoms with Crippen LogP contribution >= 0.6 is 0 Å². The van der Waals surface area contributed by atoms with Crippen molar-refractivity contribution in [2.24, 2.45) is 0 Å². The minimum Gasteiger partial charge on any atom is -0.386 e. The molecule has 1 N–H and O–H groups in total. The number of nitrogens with one attached hydrogen (secondary N) is 1. The molecule has 0 saturated carbocycles. The van der Waals surface area contributed by atoms with Gasteiger partial charge in [-0.2, -0.15) is 0 Å². The van der Waals surface area contributed by atoms with Crippen LogP contribution in [0.1, 0.15) is 39.0 Å². The molecule has 2 rings (SSSR count). The van der Waals surface area contributed by atoms with Gasteiger partial charge in [-0.15, -0.1) is 0 Å². The van der Waals surface area contributed by atoms with Crippen molar-refractivity contribution < 1.29 is 0 Å². The van der Waals surface area contributed by atoms with E-state index in [4.69, 9.17) is 0 Å². The Morgan fingerprint density at radius 2 is 2.10 bits per heavy atom. The van der Waals surface area contributed by atoms with E-state index in [1.54, 1.807) is 11.3 Å². The second kappa shape index (κ2) is 2.30. The molecular weight excluding hydrogens is 122 g/mol. The highest BCUT2D eigenvalue weighted by atomic mass is 14.9. The zero-order chi connectivity index (χ0) is 6.97. The highest BCUT2D eigenvalue weighted by molar-refractivity contribution is 5.22. The minimum atomic E-state index is 0.725. The van der Waals surface area contributed by atoms with E-state index in [1.807, 2.05) is 0 Å². The van der Waals surface area contributed by atoms with Crippen LogP contribution in [-0.2, 0) is 0 Å². The van der Waals surface area contributed by atoms with Crippen molar-refractivity contribution in [2.75, 3.05) is 0 Å². The summed E-state index contributed by atoms with van der Waals surface area (Å²) in [4.78, 5) is 0. The lowest BCUT2D eigenvalue weighted by Gasteiger charge is -2.12. The van der Waals surface area contributed by atoms with Gasteiger partial charge in [0, 0.05) is 11.7 Å². The molecule has 0 aromatic heterocycles. The lowest BCUT2D eigenvalue weighted by Crippen LogP contribution is -2.18. The Morgan fingerprint density at radius 1 is 1.30 bits per heavy atom. The van der Waals surface area contributed by atoms with E-state index in [2.05, 4.69) is 12.2 Å². The number of rotatable bonds is 0. The molecule has 0 aromatic rings. The first-order valence-corrected chi connectivity index (χ1v) is 4.33. The lowest BCUT2D eigenvalue weighted by atomic mass is 9.96. The van der Waals surface area contributed by atoms with Crippen LogP contribution in [0, 0.1) is 0 Å². The van der Waals surface area contributed by atoms with Crippen LogP contribution in [0.4, 0.5) is 0 Å². The molecule has 0 unspecified atom stereocenters. The van der Waals surface area contributed by atoms with Gasteiger partial charge in [0.25, 0.3) is 0 Å². The molecule has 2 aliphatic rings. The normalized spacial score (nSPS) is 31.9. The Labute approximate surface area is 62.5 Å². The lowest BCUT2D eigenvalue weighted by molar-refractivity contribution is 0.639. The highest BCUT2D eigenvalue weighted by Crippen LogP contribution is 2.30. The molecule has 0 amide bonds. The first-order chi connectivity index (χ1) is 4.86. The Balaban J connectivity index is 2.13. The highest BCUT2D eigenvalue weighted by Gasteiger charge is 2.21. The average molecular weight is 137 g/mol. The Kier molecular flexibility index (Phi) is 1.44. The van der Waals surface area contributed by atoms with Crippen LogP contribution in [0.3, 0.4) is 0 Å². The van der Waals surface area contributed by atoms with Gasteiger partial charge in [0.1, 0.15) is 0 Å². The smallest absolute Gasteiger partial charge is 0.0267 e. The Morgan fingerprint density at radius 3 is 2.90 bits per heavy atom. The molecular formula is C9H15N. The van der Waals surface area contributed by atoms with Crippen molar-refractivity contribution in [3.63, 3.8) is 0 Å². The summed E-state index contributed by atoms with van der Waals surface area (Å²) >= 11 is 0. The van der Waals surface area contributed by atoms with E-state index in [1.165, 1.54) is 32.1 Å². The van der Waals surface area contributed by atoms with Gasteiger partial charge in [-0.3, -0.25) is 0 Å². The fourth-order valence-electron chi connectivity index (χ4n) is 2.09. The molecule has 56 valence electrons. The van der Waals surface area contributed by atoms with Gasteiger partial charge in [0.2, 0.25) is 0 Å². The van der Waals surface area contributed by atoms with Gasteiger partial charge in [-0.25, -0.2) is 0 Å². The SMILES string of the molecule is C[C@@H]1CC2=C(CCCC2)N1. The molecule has 1 aliphatic heterocycles. The molecule has 0 spiro atoms. The van der Waals surface area contributed by atoms with Crippen LogP contribution < -0.4 is 5.32 Å². The summed E-state index contributed by atoms with van der Waals surface area (Å²) < 4.78 is 0. The summed E-state index contributed by atoms with van der Waals surface area (Å²) in [5.41, 5.74) is 3.30. The third-order valence-electron chi connectivity index (χ3n) is 2.56. The van der Waals surface area contributed by atoms with Gasteiger partial charge in [-0.1, -0.05) is 0 Å². The molecule has 0 bridgehead atoms. The maximum atomic E-state index is 3.54. The second-order valence-corrected chi connectivity index (χ2v) is 3.54. The first-order valence-electron chi connectivity index (χ1n) is 4.33. The first kappa shape index (κ1) is 6.26. The third-order valence-corrected chi connectivity index (χ3v) is 2.56. The predicted octanol–water partition coefficient (Wildman–Crippen LogP) is 2.20. The van der Waals surface area contributed by atoms with Crippen molar-refractivity contribution >= 4 is 0 Å². The van der Waals surface area contributed by atoms with E-state index in [0.717, 1.165) is 6.04 Å². The molecule has 0 fully saturated rings. The van der Waals surface area contributed by atoms with Crippen LogP contribution in [0.5, 0.6) is 0 Å². The van der Waals surface area contributed by atoms with Crippen LogP contribution in [0.15, 0.2) is 11.3 Å². The van der Waals surface area contributed by atoms with Crippen molar-refractivity contribution in [3.05, 3.63) is 11.3 Å². The molecule has 1 heterocycles. The third kappa shape index (κ3) is 0.938. The summed E-state index contributed by atoms with van der Waals surface area (Å²) in [6.07, 6.45) is 6.83. The van der Waals surface area contributed by atoms with Gasteiger partial charge in [0.15, 0.2) is 0 Å². The number of allylic oxidation sites excluding steroid dienone is 1. The van der Waals surface area contributed by atoms with Gasteiger partial charge in [0.05, 0.1) is 0 Å². The zero-order valence-corrected chi connectivity index (χ0v) is 6.61. The molecule has 1 atom stereocenters.